The molecule has 0 radical (unpaired) electrons. The fourth-order valence-electron chi connectivity index (χ4n) is 3.26. The van der Waals surface area contributed by atoms with Gasteiger partial charge in [0, 0.05) is 35.9 Å². The highest BCUT2D eigenvalue weighted by atomic mass is 32.1. The molecule has 0 spiro atoms. The first-order chi connectivity index (χ1) is 12.9. The second-order valence-corrected chi connectivity index (χ2v) is 8.38. The number of benzene rings is 1. The molecule has 27 heavy (non-hydrogen) atoms. The van der Waals surface area contributed by atoms with Gasteiger partial charge in [0.2, 0.25) is 5.91 Å². The molecule has 1 aromatic heterocycles. The second-order valence-electron chi connectivity index (χ2n) is 7.49. The molecule has 2 heterocycles. The van der Waals surface area contributed by atoms with Crippen LogP contribution in [-0.4, -0.2) is 34.8 Å². The number of nitrogens with zero attached hydrogens (tertiary/aromatic N) is 2. The van der Waals surface area contributed by atoms with Gasteiger partial charge in [0.15, 0.2) is 0 Å². The number of likely N-dealkylation sites (tertiary alicyclic amines) is 1. The highest BCUT2D eigenvalue weighted by Crippen LogP contribution is 2.31. The number of aryl methyl sites for hydroxylation is 1. The topological polar surface area (TPSA) is 62.3 Å². The van der Waals surface area contributed by atoms with E-state index in [4.69, 9.17) is 4.98 Å². The molecule has 1 N–H and O–H groups in total. The average molecular weight is 386 g/mol. The van der Waals surface area contributed by atoms with E-state index in [1.54, 1.807) is 11.3 Å². The summed E-state index contributed by atoms with van der Waals surface area (Å²) in [7, 11) is 0. The van der Waals surface area contributed by atoms with Gasteiger partial charge in [0.05, 0.1) is 17.2 Å². The molecule has 0 atom stereocenters. The number of rotatable bonds is 5. The van der Waals surface area contributed by atoms with Crippen molar-refractivity contribution in [2.75, 3.05) is 13.1 Å². The minimum Gasteiger partial charge on any atom is -0.350 e. The first kappa shape index (κ1) is 19.5. The third kappa shape index (κ3) is 4.95. The Labute approximate surface area is 164 Å². The van der Waals surface area contributed by atoms with Gasteiger partial charge in [0.1, 0.15) is 0 Å². The molecule has 6 heteroatoms. The van der Waals surface area contributed by atoms with Gasteiger partial charge in [-0.15, -0.1) is 11.3 Å². The van der Waals surface area contributed by atoms with Crippen molar-refractivity contribution in [3.05, 3.63) is 51.5 Å². The Hall–Kier alpha value is -2.21. The standard InChI is InChI=1S/C21H27N3O2S/c1-14(2)19(25)22-12-18-13-27-20(23-18)16-7-9-24(10-8-16)21(26)17-6-4-5-15(3)11-17/h4-6,11,13-14,16H,7-10,12H2,1-3H3,(H,22,25). The van der Waals surface area contributed by atoms with Gasteiger partial charge >= 0.3 is 0 Å². The average Bonchev–Trinajstić information content (AvgIpc) is 3.14. The zero-order valence-electron chi connectivity index (χ0n) is 16.2. The SMILES string of the molecule is Cc1cccc(C(=O)N2CCC(c3nc(CNC(=O)C(C)C)cs3)CC2)c1. The number of piperidine rings is 1. The summed E-state index contributed by atoms with van der Waals surface area (Å²) in [5, 5.41) is 6.06. The van der Waals surface area contributed by atoms with Crippen LogP contribution in [0.3, 0.4) is 0 Å². The lowest BCUT2D eigenvalue weighted by Crippen LogP contribution is -2.37. The predicted octanol–water partition coefficient (Wildman–Crippen LogP) is 3.74. The van der Waals surface area contributed by atoms with E-state index in [0.29, 0.717) is 12.5 Å². The molecule has 0 saturated carbocycles. The predicted molar refractivity (Wildman–Crippen MR) is 108 cm³/mol. The first-order valence-corrected chi connectivity index (χ1v) is 10.4. The first-order valence-electron chi connectivity index (χ1n) is 9.52. The molecule has 1 aromatic carbocycles. The van der Waals surface area contributed by atoms with Crippen molar-refractivity contribution in [3.63, 3.8) is 0 Å². The Morgan fingerprint density at radius 1 is 1.30 bits per heavy atom. The van der Waals surface area contributed by atoms with Gasteiger partial charge in [0.25, 0.3) is 5.91 Å². The van der Waals surface area contributed by atoms with Crippen molar-refractivity contribution in [3.8, 4) is 0 Å². The molecular weight excluding hydrogens is 358 g/mol. The summed E-state index contributed by atoms with van der Waals surface area (Å²) in [6.07, 6.45) is 1.87. The zero-order valence-corrected chi connectivity index (χ0v) is 17.0. The fourth-order valence-corrected chi connectivity index (χ4v) is 4.25. The maximum atomic E-state index is 12.7. The monoisotopic (exact) mass is 385 g/mol. The summed E-state index contributed by atoms with van der Waals surface area (Å²) in [6, 6.07) is 7.78. The molecule has 1 saturated heterocycles. The molecule has 0 aliphatic carbocycles. The van der Waals surface area contributed by atoms with Crippen LogP contribution < -0.4 is 5.32 Å². The largest absolute Gasteiger partial charge is 0.350 e. The van der Waals surface area contributed by atoms with Crippen molar-refractivity contribution in [2.24, 2.45) is 5.92 Å². The van der Waals surface area contributed by atoms with Gasteiger partial charge in [-0.2, -0.15) is 0 Å². The van der Waals surface area contributed by atoms with E-state index in [-0.39, 0.29) is 17.7 Å². The van der Waals surface area contributed by atoms with Crippen molar-refractivity contribution in [1.29, 1.82) is 0 Å². The highest BCUT2D eigenvalue weighted by Gasteiger charge is 2.26. The Bertz CT molecular complexity index is 807. The molecule has 0 unspecified atom stereocenters. The molecule has 1 fully saturated rings. The molecule has 1 aliphatic heterocycles. The van der Waals surface area contributed by atoms with Gasteiger partial charge in [-0.05, 0) is 31.9 Å². The Morgan fingerprint density at radius 2 is 2.04 bits per heavy atom. The lowest BCUT2D eigenvalue weighted by molar-refractivity contribution is -0.124. The molecule has 144 valence electrons. The molecule has 0 bridgehead atoms. The van der Waals surface area contributed by atoms with Crippen LogP contribution in [-0.2, 0) is 11.3 Å². The van der Waals surface area contributed by atoms with Crippen molar-refractivity contribution < 1.29 is 9.59 Å². The molecular formula is C21H27N3O2S. The number of hydrogen-bond acceptors (Lipinski definition) is 4. The molecule has 2 aromatic rings. The number of aromatic nitrogens is 1. The quantitative estimate of drug-likeness (QED) is 0.853. The molecule has 5 nitrogen and oxygen atoms in total. The van der Waals surface area contributed by atoms with Crippen LogP contribution in [0, 0.1) is 12.8 Å². The third-order valence-electron chi connectivity index (χ3n) is 4.93. The zero-order chi connectivity index (χ0) is 19.4. The van der Waals surface area contributed by atoms with Gasteiger partial charge in [-0.25, -0.2) is 4.98 Å². The van der Waals surface area contributed by atoms with E-state index in [1.165, 1.54) is 0 Å². The lowest BCUT2D eigenvalue weighted by atomic mass is 9.97. The Morgan fingerprint density at radius 3 is 2.70 bits per heavy atom. The summed E-state index contributed by atoms with van der Waals surface area (Å²) >= 11 is 1.66. The van der Waals surface area contributed by atoms with E-state index in [9.17, 15) is 9.59 Å². The van der Waals surface area contributed by atoms with Crippen LogP contribution in [0.2, 0.25) is 0 Å². The van der Waals surface area contributed by atoms with Gasteiger partial charge in [-0.1, -0.05) is 31.5 Å². The molecule has 1 aliphatic rings. The van der Waals surface area contributed by atoms with Crippen molar-refractivity contribution >= 4 is 23.2 Å². The van der Waals surface area contributed by atoms with Crippen molar-refractivity contribution in [2.45, 2.75) is 46.1 Å². The van der Waals surface area contributed by atoms with E-state index in [2.05, 4.69) is 5.32 Å². The minimum atomic E-state index is -0.0154. The minimum absolute atomic E-state index is 0.0154. The number of carbonyl (C=O) groups excluding carboxylic acids is 2. The van der Waals surface area contributed by atoms with E-state index in [1.807, 2.05) is 55.3 Å². The summed E-state index contributed by atoms with van der Waals surface area (Å²) < 4.78 is 0. The second kappa shape index (κ2) is 8.65. The van der Waals surface area contributed by atoms with Crippen molar-refractivity contribution in [1.82, 2.24) is 15.2 Å². The summed E-state index contributed by atoms with van der Waals surface area (Å²) in [5.74, 6) is 0.547. The Kier molecular flexibility index (Phi) is 6.26. The van der Waals surface area contributed by atoms with Gasteiger partial charge in [-0.3, -0.25) is 9.59 Å². The number of thiazole rings is 1. The summed E-state index contributed by atoms with van der Waals surface area (Å²) in [5.41, 5.74) is 2.80. The summed E-state index contributed by atoms with van der Waals surface area (Å²) in [6.45, 7) is 7.78. The maximum absolute atomic E-state index is 12.7. The molecule has 2 amide bonds. The lowest BCUT2D eigenvalue weighted by Gasteiger charge is -2.31. The van der Waals surface area contributed by atoms with E-state index >= 15 is 0 Å². The van der Waals surface area contributed by atoms with E-state index < -0.39 is 0 Å². The normalized spacial score (nSPS) is 15.2. The smallest absolute Gasteiger partial charge is 0.253 e. The third-order valence-corrected chi connectivity index (χ3v) is 5.99. The van der Waals surface area contributed by atoms with Crippen LogP contribution in [0.4, 0.5) is 0 Å². The van der Waals surface area contributed by atoms with Crippen LogP contribution in [0.5, 0.6) is 0 Å². The van der Waals surface area contributed by atoms with Crippen LogP contribution >= 0.6 is 11.3 Å². The number of carbonyl (C=O) groups is 2. The van der Waals surface area contributed by atoms with Crippen LogP contribution in [0.1, 0.15) is 59.2 Å². The maximum Gasteiger partial charge on any atom is 0.253 e. The number of nitrogens with one attached hydrogen (secondary N) is 1. The molecule has 3 rings (SSSR count). The fraction of sp³-hybridized carbons (Fsp3) is 0.476. The van der Waals surface area contributed by atoms with Crippen LogP contribution in [0.15, 0.2) is 29.6 Å². The number of hydrogen-bond donors (Lipinski definition) is 1. The number of amides is 2. The van der Waals surface area contributed by atoms with Crippen LogP contribution in [0.25, 0.3) is 0 Å². The summed E-state index contributed by atoms with van der Waals surface area (Å²) in [4.78, 5) is 31.0. The van der Waals surface area contributed by atoms with E-state index in [0.717, 1.165) is 47.8 Å². The highest BCUT2D eigenvalue weighted by molar-refractivity contribution is 7.09. The Balaban J connectivity index is 1.53. The van der Waals surface area contributed by atoms with Gasteiger partial charge < -0.3 is 10.2 Å².